The lowest BCUT2D eigenvalue weighted by molar-refractivity contribution is -0.114. The highest BCUT2D eigenvalue weighted by atomic mass is 16.1. The molecule has 0 aliphatic carbocycles. The molecule has 0 aliphatic heterocycles. The van der Waals surface area contributed by atoms with E-state index < -0.39 is 0 Å². The van der Waals surface area contributed by atoms with Gasteiger partial charge in [-0.25, -0.2) is 0 Å². The Bertz CT molecular complexity index is 757. The van der Waals surface area contributed by atoms with Crippen LogP contribution in [-0.2, 0) is 23.1 Å². The molecule has 0 aliphatic rings. The molecule has 0 spiro atoms. The third kappa shape index (κ3) is 13.3. The van der Waals surface area contributed by atoms with Crippen LogP contribution in [0.5, 0.6) is 0 Å². The highest BCUT2D eigenvalue weighted by molar-refractivity contribution is 5.96. The zero-order chi connectivity index (χ0) is 28.4. The molecule has 0 amide bonds. The largest absolute Gasteiger partial charge is 0.295 e. The summed E-state index contributed by atoms with van der Waals surface area (Å²) in [6.07, 6.45) is 6.77. The van der Waals surface area contributed by atoms with Gasteiger partial charge in [-0.1, -0.05) is 126 Å². The fourth-order valence-electron chi connectivity index (χ4n) is 4.32. The monoisotopic (exact) mass is 486 g/mol. The Balaban J connectivity index is -0.000000512. The highest BCUT2D eigenvalue weighted by Gasteiger charge is 2.30. The Kier molecular flexibility index (Phi) is 21.2. The van der Waals surface area contributed by atoms with E-state index in [2.05, 4.69) is 80.2 Å². The lowest BCUT2D eigenvalue weighted by Gasteiger charge is -2.31. The maximum atomic E-state index is 11.9. The van der Waals surface area contributed by atoms with Crippen LogP contribution in [0, 0.1) is 5.41 Å². The third-order valence-corrected chi connectivity index (χ3v) is 6.53. The zero-order valence-electron chi connectivity index (χ0n) is 26.6. The van der Waals surface area contributed by atoms with Gasteiger partial charge in [-0.15, -0.1) is 0 Å². The van der Waals surface area contributed by atoms with E-state index in [1.807, 2.05) is 41.5 Å². The third-order valence-electron chi connectivity index (χ3n) is 6.53. The van der Waals surface area contributed by atoms with Crippen LogP contribution in [0.1, 0.15) is 146 Å². The minimum atomic E-state index is 0.00359. The lowest BCUT2D eigenvalue weighted by Crippen LogP contribution is -2.24. The second-order valence-electron chi connectivity index (χ2n) is 10.3. The molecule has 0 bridgehead atoms. The Morgan fingerprint density at radius 1 is 0.829 bits per heavy atom. The molecule has 0 aromatic heterocycles. The van der Waals surface area contributed by atoms with Gasteiger partial charge < -0.3 is 0 Å². The van der Waals surface area contributed by atoms with Gasteiger partial charge in [0.1, 0.15) is 0 Å². The standard InChI is InChI=1S/C15H26O.C15H24.2C2H6/c1-8-10-15(7,9-2)14(13(6)16)12(5)11(3)4;1-6-8-13-9-10-14(15(3,4)5)11-12(13)7-2;2*1-2/h3,8-10H2,1-2,4-7H3;9-11H,6-8H2,1-5H3;2*1-2H3/b14-12-;;;. The van der Waals surface area contributed by atoms with Crippen LogP contribution in [0.4, 0.5) is 0 Å². The number of rotatable bonds is 9. The molecular formula is C34H62O. The molecule has 1 atom stereocenters. The molecule has 1 heteroatoms. The van der Waals surface area contributed by atoms with Crippen LogP contribution in [0.2, 0.25) is 0 Å². The average Bonchev–Trinajstić information content (AvgIpc) is 2.81. The second kappa shape index (κ2) is 19.5. The first-order chi connectivity index (χ1) is 16.3. The van der Waals surface area contributed by atoms with Crippen LogP contribution in [0.3, 0.4) is 0 Å². The fraction of sp³-hybridized carbons (Fsp3) is 0.676. The number of aryl methyl sites for hydroxylation is 2. The van der Waals surface area contributed by atoms with Crippen molar-refractivity contribution in [2.24, 2.45) is 5.41 Å². The number of Topliss-reactive ketones (excluding diaryl/α,β-unsaturated/α-hetero) is 1. The lowest BCUT2D eigenvalue weighted by atomic mass is 9.72. The Hall–Kier alpha value is -1.63. The molecule has 1 unspecified atom stereocenters. The molecular weight excluding hydrogens is 424 g/mol. The van der Waals surface area contributed by atoms with Gasteiger partial charge in [0, 0.05) is 5.57 Å². The Morgan fingerprint density at radius 2 is 1.34 bits per heavy atom. The van der Waals surface area contributed by atoms with E-state index >= 15 is 0 Å². The summed E-state index contributed by atoms with van der Waals surface area (Å²) in [5, 5.41) is 0. The van der Waals surface area contributed by atoms with Crippen molar-refractivity contribution in [2.75, 3.05) is 0 Å². The minimum absolute atomic E-state index is 0.00359. The van der Waals surface area contributed by atoms with Gasteiger partial charge in [0.2, 0.25) is 0 Å². The van der Waals surface area contributed by atoms with Gasteiger partial charge >= 0.3 is 0 Å². The summed E-state index contributed by atoms with van der Waals surface area (Å²) < 4.78 is 0. The van der Waals surface area contributed by atoms with Crippen molar-refractivity contribution < 1.29 is 4.79 Å². The van der Waals surface area contributed by atoms with Gasteiger partial charge in [-0.2, -0.15) is 0 Å². The van der Waals surface area contributed by atoms with Crippen molar-refractivity contribution in [3.05, 3.63) is 58.2 Å². The number of hydrogen-bond acceptors (Lipinski definition) is 1. The highest BCUT2D eigenvalue weighted by Crippen LogP contribution is 2.39. The quantitative estimate of drug-likeness (QED) is 0.250. The van der Waals surface area contributed by atoms with Crippen molar-refractivity contribution in [2.45, 2.75) is 148 Å². The number of carbonyl (C=O) groups is 1. The molecule has 1 aromatic carbocycles. The van der Waals surface area contributed by atoms with Crippen LogP contribution < -0.4 is 0 Å². The summed E-state index contributed by atoms with van der Waals surface area (Å²) in [4.78, 5) is 11.9. The van der Waals surface area contributed by atoms with E-state index in [0.29, 0.717) is 0 Å². The van der Waals surface area contributed by atoms with E-state index in [1.165, 1.54) is 29.5 Å². The summed E-state index contributed by atoms with van der Waals surface area (Å²) in [6, 6.07) is 7.01. The number of benzene rings is 1. The summed E-state index contributed by atoms with van der Waals surface area (Å²) in [5.74, 6) is 0.193. The molecule has 1 nitrogen and oxygen atoms in total. The molecule has 0 heterocycles. The van der Waals surface area contributed by atoms with Gasteiger partial charge in [0.25, 0.3) is 0 Å². The summed E-state index contributed by atoms with van der Waals surface area (Å²) >= 11 is 0. The molecule has 0 N–H and O–H groups in total. The van der Waals surface area contributed by atoms with Crippen LogP contribution >= 0.6 is 0 Å². The smallest absolute Gasteiger partial charge is 0.156 e. The van der Waals surface area contributed by atoms with E-state index in [9.17, 15) is 4.79 Å². The number of hydrogen-bond donors (Lipinski definition) is 0. The first-order valence-electron chi connectivity index (χ1n) is 14.3. The van der Waals surface area contributed by atoms with Crippen molar-refractivity contribution in [1.29, 1.82) is 0 Å². The Morgan fingerprint density at radius 3 is 1.66 bits per heavy atom. The molecule has 35 heavy (non-hydrogen) atoms. The first kappa shape index (κ1) is 37.9. The molecule has 1 rings (SSSR count). The van der Waals surface area contributed by atoms with Gasteiger partial charge in [-0.3, -0.25) is 4.79 Å². The number of ketones is 1. The fourth-order valence-corrected chi connectivity index (χ4v) is 4.32. The van der Waals surface area contributed by atoms with E-state index in [1.54, 1.807) is 6.92 Å². The summed E-state index contributed by atoms with van der Waals surface area (Å²) in [7, 11) is 0. The maximum Gasteiger partial charge on any atom is 0.156 e. The maximum absolute atomic E-state index is 11.9. The first-order valence-corrected chi connectivity index (χ1v) is 14.3. The van der Waals surface area contributed by atoms with Gasteiger partial charge in [-0.05, 0) is 79.5 Å². The molecule has 0 saturated carbocycles. The Labute approximate surface area is 221 Å². The second-order valence-corrected chi connectivity index (χ2v) is 10.3. The van der Waals surface area contributed by atoms with Crippen molar-refractivity contribution in [1.82, 2.24) is 0 Å². The number of allylic oxidation sites excluding steroid dienone is 3. The average molecular weight is 487 g/mol. The topological polar surface area (TPSA) is 17.1 Å². The molecule has 0 fully saturated rings. The van der Waals surface area contributed by atoms with Crippen LogP contribution in [-0.4, -0.2) is 5.78 Å². The van der Waals surface area contributed by atoms with E-state index in [4.69, 9.17) is 0 Å². The molecule has 204 valence electrons. The van der Waals surface area contributed by atoms with Crippen molar-refractivity contribution >= 4 is 5.78 Å². The molecule has 1 aromatic rings. The SMILES string of the molecule is C=C(C)/C(C)=C(/C(C)=O)C(C)(CC)CCC.CC.CC.CCCc1ccc(C(C)(C)C)cc1CC. The van der Waals surface area contributed by atoms with Gasteiger partial charge in [0.05, 0.1) is 0 Å². The van der Waals surface area contributed by atoms with Crippen LogP contribution in [0.25, 0.3) is 0 Å². The number of carbonyl (C=O) groups excluding carboxylic acids is 1. The van der Waals surface area contributed by atoms with E-state index in [0.717, 1.165) is 42.4 Å². The van der Waals surface area contributed by atoms with Crippen LogP contribution in [0.15, 0.2) is 41.5 Å². The minimum Gasteiger partial charge on any atom is -0.295 e. The zero-order valence-corrected chi connectivity index (χ0v) is 26.6. The predicted molar refractivity (Wildman–Crippen MR) is 163 cm³/mol. The van der Waals surface area contributed by atoms with E-state index in [-0.39, 0.29) is 16.6 Å². The van der Waals surface area contributed by atoms with Gasteiger partial charge in [0.15, 0.2) is 5.78 Å². The molecule has 0 saturated heterocycles. The predicted octanol–water partition coefficient (Wildman–Crippen LogP) is 11.2. The molecule has 0 radical (unpaired) electrons. The normalized spacial score (nSPS) is 12.9. The summed E-state index contributed by atoms with van der Waals surface area (Å²) in [6.45, 7) is 35.5. The summed E-state index contributed by atoms with van der Waals surface area (Å²) in [5.41, 5.74) is 7.85. The van der Waals surface area contributed by atoms with Crippen molar-refractivity contribution in [3.8, 4) is 0 Å². The van der Waals surface area contributed by atoms with Crippen molar-refractivity contribution in [3.63, 3.8) is 0 Å².